The lowest BCUT2D eigenvalue weighted by molar-refractivity contribution is -0.123. The summed E-state index contributed by atoms with van der Waals surface area (Å²) in [5, 5.41) is 23.6. The number of nitrogens with zero attached hydrogens (tertiary/aromatic N) is 1. The van der Waals surface area contributed by atoms with Crippen molar-refractivity contribution in [1.29, 1.82) is 0 Å². The first-order valence-corrected chi connectivity index (χ1v) is 7.07. The predicted molar refractivity (Wildman–Crippen MR) is 87.1 cm³/mol. The molecule has 1 amide bonds. The number of hydrazone groups is 1. The van der Waals surface area contributed by atoms with E-state index in [0.717, 1.165) is 0 Å². The van der Waals surface area contributed by atoms with Gasteiger partial charge in [-0.25, -0.2) is 5.43 Å². The third-order valence-electron chi connectivity index (χ3n) is 2.90. The molecule has 0 spiro atoms. The number of rotatable bonds is 5. The van der Waals surface area contributed by atoms with Crippen LogP contribution >= 0.6 is 11.6 Å². The number of halogens is 1. The minimum atomic E-state index is -0.459. The molecule has 2 aromatic rings. The van der Waals surface area contributed by atoms with Gasteiger partial charge < -0.3 is 14.9 Å². The van der Waals surface area contributed by atoms with Gasteiger partial charge in [0.05, 0.1) is 5.71 Å². The van der Waals surface area contributed by atoms with Crippen molar-refractivity contribution in [1.82, 2.24) is 5.43 Å². The molecule has 0 radical (unpaired) electrons. The van der Waals surface area contributed by atoms with Crippen LogP contribution in [0.3, 0.4) is 0 Å². The Kier molecular flexibility index (Phi) is 5.43. The van der Waals surface area contributed by atoms with Gasteiger partial charge in [0.1, 0.15) is 17.2 Å². The highest BCUT2D eigenvalue weighted by Crippen LogP contribution is 2.22. The number of carbonyl (C=O) groups excluding carboxylic acids is 1. The zero-order valence-corrected chi connectivity index (χ0v) is 13.0. The van der Waals surface area contributed by atoms with Crippen molar-refractivity contribution in [3.63, 3.8) is 0 Å². The van der Waals surface area contributed by atoms with Crippen molar-refractivity contribution in [3.05, 3.63) is 53.1 Å². The minimum absolute atomic E-state index is 0.00949. The zero-order chi connectivity index (χ0) is 16.8. The topological polar surface area (TPSA) is 91.2 Å². The zero-order valence-electron chi connectivity index (χ0n) is 12.3. The van der Waals surface area contributed by atoms with E-state index in [-0.39, 0.29) is 18.1 Å². The van der Waals surface area contributed by atoms with Gasteiger partial charge in [-0.1, -0.05) is 11.6 Å². The van der Waals surface area contributed by atoms with E-state index >= 15 is 0 Å². The largest absolute Gasteiger partial charge is 0.508 e. The molecule has 0 saturated carbocycles. The van der Waals surface area contributed by atoms with Crippen LogP contribution in [0.1, 0.15) is 12.5 Å². The molecule has 0 saturated heterocycles. The van der Waals surface area contributed by atoms with Gasteiger partial charge in [-0.15, -0.1) is 0 Å². The molecular formula is C16H15ClN2O4. The standard InChI is InChI=1S/C16H15ClN2O4/c1-10(14-8-12(20)4-7-15(14)21)18-19-16(22)9-23-13-5-2-11(17)3-6-13/h2-8,20-21H,9H2,1H3,(H,19,22)/b18-10-. The second kappa shape index (κ2) is 7.51. The summed E-state index contributed by atoms with van der Waals surface area (Å²) in [6, 6.07) is 10.7. The number of carbonyl (C=O) groups is 1. The molecule has 0 heterocycles. The predicted octanol–water partition coefficient (Wildman–Crippen LogP) is 2.67. The number of phenols is 2. The SMILES string of the molecule is C/C(=N/NC(=O)COc1ccc(Cl)cc1)c1cc(O)ccc1O. The molecule has 2 rings (SSSR count). The van der Waals surface area contributed by atoms with E-state index in [1.807, 2.05) is 0 Å². The van der Waals surface area contributed by atoms with Crippen LogP contribution in [0.2, 0.25) is 5.02 Å². The van der Waals surface area contributed by atoms with Crippen LogP contribution in [-0.2, 0) is 4.79 Å². The summed E-state index contributed by atoms with van der Waals surface area (Å²) in [5.41, 5.74) is 2.98. The number of hydrogen-bond acceptors (Lipinski definition) is 5. The second-order valence-corrected chi connectivity index (χ2v) is 5.11. The average Bonchev–Trinajstić information content (AvgIpc) is 2.54. The van der Waals surface area contributed by atoms with Gasteiger partial charge in [0.2, 0.25) is 0 Å². The van der Waals surface area contributed by atoms with Gasteiger partial charge in [-0.05, 0) is 49.4 Å². The number of ether oxygens (including phenoxy) is 1. The summed E-state index contributed by atoms with van der Waals surface area (Å²) in [5.74, 6) is -0.00437. The maximum absolute atomic E-state index is 11.7. The Balaban J connectivity index is 1.92. The van der Waals surface area contributed by atoms with Gasteiger partial charge in [-0.2, -0.15) is 5.10 Å². The first kappa shape index (κ1) is 16.6. The number of phenolic OH excluding ortho intramolecular Hbond substituents is 2. The molecule has 6 nitrogen and oxygen atoms in total. The third kappa shape index (κ3) is 4.89. The van der Waals surface area contributed by atoms with E-state index in [2.05, 4.69) is 10.5 Å². The minimum Gasteiger partial charge on any atom is -0.508 e. The molecule has 0 aliphatic rings. The van der Waals surface area contributed by atoms with Crippen LogP contribution in [0.5, 0.6) is 17.2 Å². The fourth-order valence-electron chi connectivity index (χ4n) is 1.73. The number of amides is 1. The second-order valence-electron chi connectivity index (χ2n) is 4.68. The quantitative estimate of drug-likeness (QED) is 0.445. The van der Waals surface area contributed by atoms with Crippen molar-refractivity contribution in [2.75, 3.05) is 6.61 Å². The number of nitrogens with one attached hydrogen (secondary N) is 1. The normalized spacial score (nSPS) is 11.1. The monoisotopic (exact) mass is 334 g/mol. The molecule has 0 unspecified atom stereocenters. The molecule has 0 bridgehead atoms. The molecule has 0 atom stereocenters. The van der Waals surface area contributed by atoms with E-state index in [1.165, 1.54) is 18.2 Å². The molecule has 120 valence electrons. The lowest BCUT2D eigenvalue weighted by atomic mass is 10.1. The summed E-state index contributed by atoms with van der Waals surface area (Å²) in [6.07, 6.45) is 0. The molecule has 0 aliphatic carbocycles. The summed E-state index contributed by atoms with van der Waals surface area (Å²) < 4.78 is 5.27. The molecule has 23 heavy (non-hydrogen) atoms. The average molecular weight is 335 g/mol. The van der Waals surface area contributed by atoms with Crippen molar-refractivity contribution < 1.29 is 19.7 Å². The van der Waals surface area contributed by atoms with E-state index in [4.69, 9.17) is 16.3 Å². The van der Waals surface area contributed by atoms with E-state index in [1.54, 1.807) is 31.2 Å². The summed E-state index contributed by atoms with van der Waals surface area (Å²) in [4.78, 5) is 11.7. The van der Waals surface area contributed by atoms with Crippen molar-refractivity contribution in [2.24, 2.45) is 5.10 Å². The highest BCUT2D eigenvalue weighted by molar-refractivity contribution is 6.30. The molecule has 0 aliphatic heterocycles. The first-order chi connectivity index (χ1) is 11.0. The van der Waals surface area contributed by atoms with Crippen LogP contribution in [0.4, 0.5) is 0 Å². The molecular weight excluding hydrogens is 320 g/mol. The number of benzene rings is 2. The fraction of sp³-hybridized carbons (Fsp3) is 0.125. The maximum atomic E-state index is 11.7. The van der Waals surface area contributed by atoms with Crippen molar-refractivity contribution in [2.45, 2.75) is 6.92 Å². The van der Waals surface area contributed by atoms with Crippen molar-refractivity contribution in [3.8, 4) is 17.2 Å². The van der Waals surface area contributed by atoms with E-state index in [0.29, 0.717) is 22.0 Å². The number of aromatic hydroxyl groups is 2. The van der Waals surface area contributed by atoms with Gasteiger partial charge in [0.15, 0.2) is 6.61 Å². The van der Waals surface area contributed by atoms with Gasteiger partial charge >= 0.3 is 0 Å². The van der Waals surface area contributed by atoms with Gasteiger partial charge in [-0.3, -0.25) is 4.79 Å². The Morgan fingerprint density at radius 3 is 2.61 bits per heavy atom. The Morgan fingerprint density at radius 2 is 1.91 bits per heavy atom. The van der Waals surface area contributed by atoms with Crippen LogP contribution in [0, 0.1) is 0 Å². The number of hydrogen-bond donors (Lipinski definition) is 3. The van der Waals surface area contributed by atoms with Crippen molar-refractivity contribution >= 4 is 23.2 Å². The third-order valence-corrected chi connectivity index (χ3v) is 3.15. The highest BCUT2D eigenvalue weighted by atomic mass is 35.5. The summed E-state index contributed by atoms with van der Waals surface area (Å²) >= 11 is 5.75. The van der Waals surface area contributed by atoms with Crippen LogP contribution in [-0.4, -0.2) is 28.4 Å². The molecule has 0 aromatic heterocycles. The fourth-order valence-corrected chi connectivity index (χ4v) is 1.86. The molecule has 3 N–H and O–H groups in total. The first-order valence-electron chi connectivity index (χ1n) is 6.69. The smallest absolute Gasteiger partial charge is 0.277 e. The Labute approximate surface area is 138 Å². The highest BCUT2D eigenvalue weighted by Gasteiger charge is 2.07. The van der Waals surface area contributed by atoms with Crippen LogP contribution in [0.15, 0.2) is 47.6 Å². The maximum Gasteiger partial charge on any atom is 0.277 e. The lowest BCUT2D eigenvalue weighted by Crippen LogP contribution is -2.25. The van der Waals surface area contributed by atoms with E-state index in [9.17, 15) is 15.0 Å². The molecule has 7 heteroatoms. The van der Waals surface area contributed by atoms with Gasteiger partial charge in [0, 0.05) is 10.6 Å². The summed E-state index contributed by atoms with van der Waals surface area (Å²) in [7, 11) is 0. The Bertz CT molecular complexity index is 729. The van der Waals surface area contributed by atoms with Crippen LogP contribution < -0.4 is 10.2 Å². The molecule has 2 aromatic carbocycles. The summed E-state index contributed by atoms with van der Waals surface area (Å²) in [6.45, 7) is 1.37. The Hall–Kier alpha value is -2.73. The molecule has 0 fully saturated rings. The van der Waals surface area contributed by atoms with E-state index < -0.39 is 5.91 Å². The Morgan fingerprint density at radius 1 is 1.22 bits per heavy atom. The lowest BCUT2D eigenvalue weighted by Gasteiger charge is -2.07. The van der Waals surface area contributed by atoms with Crippen LogP contribution in [0.25, 0.3) is 0 Å². The van der Waals surface area contributed by atoms with Gasteiger partial charge in [0.25, 0.3) is 5.91 Å².